The molecule has 106 valence electrons. The normalized spacial score (nSPS) is 20.4. The first-order valence-electron chi connectivity index (χ1n) is 7.16. The Morgan fingerprint density at radius 1 is 1.33 bits per heavy atom. The van der Waals surface area contributed by atoms with Gasteiger partial charge in [-0.3, -0.25) is 4.79 Å². The Morgan fingerprint density at radius 2 is 2.00 bits per heavy atom. The third kappa shape index (κ3) is 4.81. The van der Waals surface area contributed by atoms with Crippen LogP contribution in [0.3, 0.4) is 0 Å². The second-order valence-corrected chi connectivity index (χ2v) is 6.44. The summed E-state index contributed by atoms with van der Waals surface area (Å²) in [4.78, 5) is 12.0. The molecular formula is C14H27NO2S. The molecule has 4 heteroatoms. The van der Waals surface area contributed by atoms with Gasteiger partial charge in [0.15, 0.2) is 0 Å². The van der Waals surface area contributed by atoms with Crippen LogP contribution in [0.2, 0.25) is 0 Å². The Balaban J connectivity index is 2.47. The Hall–Kier alpha value is -0.220. The number of carbonyl (C=O) groups excluding carboxylic acids is 1. The molecule has 0 aromatic carbocycles. The van der Waals surface area contributed by atoms with Crippen molar-refractivity contribution in [3.05, 3.63) is 0 Å². The second-order valence-electron chi connectivity index (χ2n) is 5.15. The fourth-order valence-corrected chi connectivity index (χ4v) is 3.83. The zero-order valence-electron chi connectivity index (χ0n) is 12.0. The molecule has 0 radical (unpaired) electrons. The minimum absolute atomic E-state index is 0.116. The molecule has 0 aromatic heterocycles. The number of nitrogens with one attached hydrogen (secondary N) is 1. The highest BCUT2D eigenvalue weighted by Crippen LogP contribution is 2.30. The van der Waals surface area contributed by atoms with Crippen LogP contribution in [0.15, 0.2) is 0 Å². The van der Waals surface area contributed by atoms with E-state index in [0.29, 0.717) is 6.61 Å². The summed E-state index contributed by atoms with van der Waals surface area (Å²) < 4.78 is 5.18. The molecule has 0 heterocycles. The lowest BCUT2D eigenvalue weighted by Gasteiger charge is -2.30. The third-order valence-electron chi connectivity index (χ3n) is 3.45. The van der Waals surface area contributed by atoms with Crippen molar-refractivity contribution < 1.29 is 9.53 Å². The fraction of sp³-hybridized carbons (Fsp3) is 0.929. The van der Waals surface area contributed by atoms with Crippen LogP contribution in [-0.2, 0) is 9.53 Å². The van der Waals surface area contributed by atoms with E-state index in [0.717, 1.165) is 17.5 Å². The predicted octanol–water partition coefficient (Wildman–Crippen LogP) is 2.98. The van der Waals surface area contributed by atoms with Crippen LogP contribution in [0.4, 0.5) is 0 Å². The van der Waals surface area contributed by atoms with Crippen molar-refractivity contribution >= 4 is 17.7 Å². The average Bonchev–Trinajstić information content (AvgIpc) is 2.38. The molecule has 1 atom stereocenters. The maximum Gasteiger partial charge on any atom is 0.326 e. The van der Waals surface area contributed by atoms with Gasteiger partial charge in [0.05, 0.1) is 6.61 Å². The SMILES string of the molecule is CCNC(C)(CSC1CCCCC1)C(=O)OCC. The molecule has 0 saturated heterocycles. The Kier molecular flexibility index (Phi) is 7.08. The van der Waals surface area contributed by atoms with E-state index >= 15 is 0 Å². The van der Waals surface area contributed by atoms with Crippen molar-refractivity contribution in [2.75, 3.05) is 18.9 Å². The van der Waals surface area contributed by atoms with Crippen LogP contribution in [-0.4, -0.2) is 35.7 Å². The average molecular weight is 273 g/mol. The smallest absolute Gasteiger partial charge is 0.326 e. The van der Waals surface area contributed by atoms with Crippen molar-refractivity contribution in [1.82, 2.24) is 5.32 Å². The molecular weight excluding hydrogens is 246 g/mol. The first-order chi connectivity index (χ1) is 8.62. The van der Waals surface area contributed by atoms with Crippen LogP contribution in [0, 0.1) is 0 Å². The highest BCUT2D eigenvalue weighted by atomic mass is 32.2. The van der Waals surface area contributed by atoms with E-state index < -0.39 is 5.54 Å². The number of thioether (sulfide) groups is 1. The molecule has 1 fully saturated rings. The van der Waals surface area contributed by atoms with Gasteiger partial charge in [-0.2, -0.15) is 11.8 Å². The zero-order valence-corrected chi connectivity index (χ0v) is 12.8. The molecule has 0 amide bonds. The number of carbonyl (C=O) groups is 1. The molecule has 1 unspecified atom stereocenters. The fourth-order valence-electron chi connectivity index (χ4n) is 2.38. The molecule has 0 aromatic rings. The second kappa shape index (κ2) is 8.05. The first-order valence-corrected chi connectivity index (χ1v) is 8.21. The molecule has 0 bridgehead atoms. The van der Waals surface area contributed by atoms with Crippen LogP contribution in [0.25, 0.3) is 0 Å². The number of hydrogen-bond acceptors (Lipinski definition) is 4. The summed E-state index contributed by atoms with van der Waals surface area (Å²) in [6.45, 7) is 7.10. The predicted molar refractivity (Wildman–Crippen MR) is 78.0 cm³/mol. The summed E-state index contributed by atoms with van der Waals surface area (Å²) in [5.41, 5.74) is -0.535. The zero-order chi connectivity index (χ0) is 13.4. The van der Waals surface area contributed by atoms with Gasteiger partial charge in [-0.1, -0.05) is 26.2 Å². The largest absolute Gasteiger partial charge is 0.465 e. The van der Waals surface area contributed by atoms with Crippen LogP contribution in [0.1, 0.15) is 52.9 Å². The van der Waals surface area contributed by atoms with E-state index in [-0.39, 0.29) is 5.97 Å². The summed E-state index contributed by atoms with van der Waals surface area (Å²) in [6.07, 6.45) is 6.66. The van der Waals surface area contributed by atoms with E-state index in [4.69, 9.17) is 4.74 Å². The third-order valence-corrected chi connectivity index (χ3v) is 5.14. The maximum atomic E-state index is 12.0. The topological polar surface area (TPSA) is 38.3 Å². The van der Waals surface area contributed by atoms with Crippen LogP contribution in [0.5, 0.6) is 0 Å². The maximum absolute atomic E-state index is 12.0. The molecule has 1 aliphatic carbocycles. The molecule has 1 aliphatic rings. The molecule has 18 heavy (non-hydrogen) atoms. The number of likely N-dealkylation sites (N-methyl/N-ethyl adjacent to an activating group) is 1. The highest BCUT2D eigenvalue weighted by Gasteiger charge is 2.34. The highest BCUT2D eigenvalue weighted by molar-refractivity contribution is 8.00. The Bertz CT molecular complexity index is 254. The summed E-state index contributed by atoms with van der Waals surface area (Å²) in [5, 5.41) is 4.02. The van der Waals surface area contributed by atoms with Crippen LogP contribution >= 0.6 is 11.8 Å². The van der Waals surface area contributed by atoms with Crippen LogP contribution < -0.4 is 5.32 Å². The van der Waals surface area contributed by atoms with Crippen molar-refractivity contribution in [1.29, 1.82) is 0 Å². The molecule has 0 spiro atoms. The van der Waals surface area contributed by atoms with E-state index in [1.54, 1.807) is 0 Å². The van der Waals surface area contributed by atoms with Crippen molar-refractivity contribution in [2.45, 2.75) is 63.7 Å². The summed E-state index contributed by atoms with van der Waals surface area (Å²) in [6, 6.07) is 0. The van der Waals surface area contributed by atoms with Gasteiger partial charge in [-0.15, -0.1) is 0 Å². The minimum Gasteiger partial charge on any atom is -0.465 e. The minimum atomic E-state index is -0.535. The lowest BCUT2D eigenvalue weighted by Crippen LogP contribution is -2.52. The van der Waals surface area contributed by atoms with Crippen molar-refractivity contribution in [3.8, 4) is 0 Å². The quantitative estimate of drug-likeness (QED) is 0.724. The number of ether oxygens (including phenoxy) is 1. The Morgan fingerprint density at radius 3 is 2.56 bits per heavy atom. The molecule has 0 aliphatic heterocycles. The monoisotopic (exact) mass is 273 g/mol. The van der Waals surface area contributed by atoms with Gasteiger partial charge in [0.1, 0.15) is 5.54 Å². The van der Waals surface area contributed by atoms with E-state index in [1.165, 1.54) is 32.1 Å². The van der Waals surface area contributed by atoms with Gasteiger partial charge < -0.3 is 10.1 Å². The number of esters is 1. The summed E-state index contributed by atoms with van der Waals surface area (Å²) in [7, 11) is 0. The molecule has 1 N–H and O–H groups in total. The van der Waals surface area contributed by atoms with E-state index in [2.05, 4.69) is 5.32 Å². The number of rotatable bonds is 7. The van der Waals surface area contributed by atoms with E-state index in [1.807, 2.05) is 32.5 Å². The summed E-state index contributed by atoms with van der Waals surface area (Å²) in [5.74, 6) is 0.694. The molecule has 1 rings (SSSR count). The number of hydrogen-bond donors (Lipinski definition) is 1. The van der Waals surface area contributed by atoms with Gasteiger partial charge in [0.2, 0.25) is 0 Å². The first kappa shape index (κ1) is 15.8. The molecule has 3 nitrogen and oxygen atoms in total. The van der Waals surface area contributed by atoms with Crippen molar-refractivity contribution in [3.63, 3.8) is 0 Å². The van der Waals surface area contributed by atoms with Gasteiger partial charge in [0, 0.05) is 11.0 Å². The van der Waals surface area contributed by atoms with Gasteiger partial charge in [0.25, 0.3) is 0 Å². The molecule has 1 saturated carbocycles. The van der Waals surface area contributed by atoms with Crippen molar-refractivity contribution in [2.24, 2.45) is 0 Å². The Labute approximate surface area is 115 Å². The van der Waals surface area contributed by atoms with Gasteiger partial charge >= 0.3 is 5.97 Å². The standard InChI is InChI=1S/C14H27NO2S/c1-4-15-14(3,13(16)17-5-2)11-18-12-9-7-6-8-10-12/h12,15H,4-11H2,1-3H3. The van der Waals surface area contributed by atoms with E-state index in [9.17, 15) is 4.79 Å². The van der Waals surface area contributed by atoms with Gasteiger partial charge in [-0.05, 0) is 33.2 Å². The lowest BCUT2D eigenvalue weighted by molar-refractivity contribution is -0.149. The lowest BCUT2D eigenvalue weighted by atomic mass is 10.0. The van der Waals surface area contributed by atoms with Gasteiger partial charge in [-0.25, -0.2) is 0 Å². The summed E-state index contributed by atoms with van der Waals surface area (Å²) >= 11 is 1.94.